The highest BCUT2D eigenvalue weighted by atomic mass is 16.2. The topological polar surface area (TPSA) is 118 Å². The smallest absolute Gasteiger partial charge is 0.241 e. The van der Waals surface area contributed by atoms with Crippen molar-refractivity contribution in [2.75, 3.05) is 81.0 Å². The highest BCUT2D eigenvalue weighted by Crippen LogP contribution is 2.24. The van der Waals surface area contributed by atoms with E-state index in [0.29, 0.717) is 12.5 Å². The van der Waals surface area contributed by atoms with E-state index in [-0.39, 0.29) is 17.9 Å². The maximum Gasteiger partial charge on any atom is 0.241 e. The first-order valence-electron chi connectivity index (χ1n) is 14.9. The minimum absolute atomic E-state index is 0.0125. The Bertz CT molecular complexity index is 1350. The molecule has 3 aliphatic rings. The Morgan fingerprint density at radius 1 is 0.857 bits per heavy atom. The first kappa shape index (κ1) is 28.1. The van der Waals surface area contributed by atoms with Gasteiger partial charge in [-0.3, -0.25) is 14.5 Å². The molecule has 6 rings (SSSR count). The standard InChI is InChI=1S/C31H39N9O2/c41-29(22-38-16-14-32-15-17-38)40-20-18-39(19-21-40)26-9-7-25(8-10-26)36-31-34-13-11-27(37-31)23-3-5-24(6-4-23)35-30(42)28-2-1-12-33-28/h3-11,13,28,32-33H,1-2,12,14-22H2,(H,35,42)(H,34,36,37)/t28-/m1/s1. The summed E-state index contributed by atoms with van der Waals surface area (Å²) < 4.78 is 0. The maximum atomic E-state index is 12.7. The molecule has 1 aromatic heterocycles. The Labute approximate surface area is 246 Å². The Balaban J connectivity index is 1.00. The fourth-order valence-electron chi connectivity index (χ4n) is 5.70. The lowest BCUT2D eigenvalue weighted by Crippen LogP contribution is -2.53. The number of aromatic nitrogens is 2. The molecule has 0 radical (unpaired) electrons. The van der Waals surface area contributed by atoms with Gasteiger partial charge in [-0.15, -0.1) is 0 Å². The molecule has 42 heavy (non-hydrogen) atoms. The summed E-state index contributed by atoms with van der Waals surface area (Å²) in [6, 6.07) is 17.7. The van der Waals surface area contributed by atoms with Crippen molar-refractivity contribution in [2.45, 2.75) is 18.9 Å². The van der Waals surface area contributed by atoms with Gasteiger partial charge in [-0.25, -0.2) is 9.97 Å². The fourth-order valence-corrected chi connectivity index (χ4v) is 5.70. The van der Waals surface area contributed by atoms with Crippen LogP contribution in [0.25, 0.3) is 11.3 Å². The molecular formula is C31H39N9O2. The number of amides is 2. The number of carbonyl (C=O) groups excluding carboxylic acids is 2. The van der Waals surface area contributed by atoms with E-state index in [1.807, 2.05) is 47.4 Å². The zero-order valence-electron chi connectivity index (χ0n) is 23.9. The summed E-state index contributed by atoms with van der Waals surface area (Å²) in [6.45, 7) is 8.35. The summed E-state index contributed by atoms with van der Waals surface area (Å²) in [5.74, 6) is 0.762. The van der Waals surface area contributed by atoms with Crippen molar-refractivity contribution >= 4 is 34.8 Å². The van der Waals surface area contributed by atoms with Gasteiger partial charge in [0.05, 0.1) is 18.3 Å². The first-order valence-corrected chi connectivity index (χ1v) is 14.9. The number of nitrogens with zero attached hydrogens (tertiary/aromatic N) is 5. The van der Waals surface area contributed by atoms with Gasteiger partial charge < -0.3 is 31.1 Å². The molecule has 4 heterocycles. The molecular weight excluding hydrogens is 530 g/mol. The van der Waals surface area contributed by atoms with Crippen molar-refractivity contribution in [1.29, 1.82) is 0 Å². The molecule has 3 saturated heterocycles. The molecule has 0 aliphatic carbocycles. The van der Waals surface area contributed by atoms with Crippen LogP contribution < -0.4 is 26.2 Å². The second kappa shape index (κ2) is 13.3. The number of rotatable bonds is 8. The average molecular weight is 570 g/mol. The Hall–Kier alpha value is -4.06. The van der Waals surface area contributed by atoms with Gasteiger partial charge in [0, 0.05) is 81.2 Å². The van der Waals surface area contributed by atoms with Gasteiger partial charge in [-0.05, 0) is 61.9 Å². The van der Waals surface area contributed by atoms with Crippen LogP contribution in [0.1, 0.15) is 12.8 Å². The van der Waals surface area contributed by atoms with Gasteiger partial charge in [0.25, 0.3) is 0 Å². The second-order valence-electron chi connectivity index (χ2n) is 11.0. The van der Waals surface area contributed by atoms with E-state index in [4.69, 9.17) is 4.98 Å². The number of carbonyl (C=O) groups is 2. The summed E-state index contributed by atoms with van der Waals surface area (Å²) >= 11 is 0. The Kier molecular flexibility index (Phi) is 8.88. The van der Waals surface area contributed by atoms with E-state index < -0.39 is 0 Å². The molecule has 3 fully saturated rings. The van der Waals surface area contributed by atoms with Crippen molar-refractivity contribution in [2.24, 2.45) is 0 Å². The third kappa shape index (κ3) is 7.04. The third-order valence-corrected chi connectivity index (χ3v) is 8.17. The molecule has 3 aromatic rings. The highest BCUT2D eigenvalue weighted by molar-refractivity contribution is 5.95. The molecule has 11 nitrogen and oxygen atoms in total. The van der Waals surface area contributed by atoms with Crippen LogP contribution in [0.2, 0.25) is 0 Å². The second-order valence-corrected chi connectivity index (χ2v) is 11.0. The molecule has 0 saturated carbocycles. The lowest BCUT2D eigenvalue weighted by molar-refractivity contribution is -0.132. The largest absolute Gasteiger partial charge is 0.368 e. The molecule has 0 unspecified atom stereocenters. The molecule has 1 atom stereocenters. The minimum atomic E-state index is -0.109. The summed E-state index contributed by atoms with van der Waals surface area (Å²) in [5, 5.41) is 12.8. The number of benzene rings is 2. The molecule has 220 valence electrons. The number of hydrogen-bond donors (Lipinski definition) is 4. The average Bonchev–Trinajstić information content (AvgIpc) is 3.58. The Morgan fingerprint density at radius 2 is 1.60 bits per heavy atom. The van der Waals surface area contributed by atoms with Crippen LogP contribution >= 0.6 is 0 Å². The molecule has 2 aromatic carbocycles. The van der Waals surface area contributed by atoms with E-state index in [9.17, 15) is 9.59 Å². The van der Waals surface area contributed by atoms with Crippen LogP contribution in [0, 0.1) is 0 Å². The zero-order chi connectivity index (χ0) is 28.7. The number of anilines is 4. The van der Waals surface area contributed by atoms with Crippen molar-refractivity contribution in [1.82, 2.24) is 30.4 Å². The number of nitrogens with one attached hydrogen (secondary N) is 4. The summed E-state index contributed by atoms with van der Waals surface area (Å²) in [7, 11) is 0. The van der Waals surface area contributed by atoms with Crippen molar-refractivity contribution in [3.05, 3.63) is 60.8 Å². The summed E-state index contributed by atoms with van der Waals surface area (Å²) in [6.07, 6.45) is 3.65. The van der Waals surface area contributed by atoms with Crippen molar-refractivity contribution in [3.63, 3.8) is 0 Å². The van der Waals surface area contributed by atoms with Gasteiger partial charge in [-0.2, -0.15) is 0 Å². The minimum Gasteiger partial charge on any atom is -0.368 e. The van der Waals surface area contributed by atoms with Gasteiger partial charge in [0.2, 0.25) is 17.8 Å². The monoisotopic (exact) mass is 569 g/mol. The van der Waals surface area contributed by atoms with Crippen LogP contribution in [0.15, 0.2) is 60.8 Å². The van der Waals surface area contributed by atoms with E-state index in [2.05, 4.69) is 48.2 Å². The zero-order valence-corrected chi connectivity index (χ0v) is 23.9. The Morgan fingerprint density at radius 3 is 2.31 bits per heavy atom. The molecule has 0 bridgehead atoms. The van der Waals surface area contributed by atoms with Crippen molar-refractivity contribution in [3.8, 4) is 11.3 Å². The highest BCUT2D eigenvalue weighted by Gasteiger charge is 2.24. The van der Waals surface area contributed by atoms with Gasteiger partial charge >= 0.3 is 0 Å². The lowest BCUT2D eigenvalue weighted by Gasteiger charge is -2.37. The number of piperazine rings is 2. The molecule has 3 aliphatic heterocycles. The van der Waals surface area contributed by atoms with Crippen molar-refractivity contribution < 1.29 is 9.59 Å². The van der Waals surface area contributed by atoms with Crippen LogP contribution in [-0.4, -0.2) is 103 Å². The quantitative estimate of drug-likeness (QED) is 0.324. The predicted octanol–water partition coefficient (Wildman–Crippen LogP) is 2.13. The fraction of sp³-hybridized carbons (Fsp3) is 0.419. The molecule has 4 N–H and O–H groups in total. The van der Waals surface area contributed by atoms with Crippen LogP contribution in [-0.2, 0) is 9.59 Å². The van der Waals surface area contributed by atoms with E-state index in [0.717, 1.165) is 100 Å². The van der Waals surface area contributed by atoms with Gasteiger partial charge in [-0.1, -0.05) is 12.1 Å². The first-order chi connectivity index (χ1) is 20.6. The normalized spacial score (nSPS) is 19.5. The summed E-state index contributed by atoms with van der Waals surface area (Å²) in [4.78, 5) is 40.8. The number of hydrogen-bond acceptors (Lipinski definition) is 9. The third-order valence-electron chi connectivity index (χ3n) is 8.17. The van der Waals surface area contributed by atoms with E-state index in [1.165, 1.54) is 0 Å². The SMILES string of the molecule is O=C(Nc1ccc(-c2ccnc(Nc3ccc(N4CCN(C(=O)CN5CCNCC5)CC4)cc3)n2)cc1)[C@H]1CCCN1. The lowest BCUT2D eigenvalue weighted by atomic mass is 10.1. The van der Waals surface area contributed by atoms with Crippen LogP contribution in [0.4, 0.5) is 23.0 Å². The molecule has 11 heteroatoms. The summed E-state index contributed by atoms with van der Waals surface area (Å²) in [5.41, 5.74) is 4.55. The van der Waals surface area contributed by atoms with E-state index in [1.54, 1.807) is 6.20 Å². The van der Waals surface area contributed by atoms with Gasteiger partial charge in [0.1, 0.15) is 0 Å². The van der Waals surface area contributed by atoms with Crippen LogP contribution in [0.5, 0.6) is 0 Å². The molecule has 2 amide bonds. The predicted molar refractivity (Wildman–Crippen MR) is 165 cm³/mol. The van der Waals surface area contributed by atoms with Crippen LogP contribution in [0.3, 0.4) is 0 Å². The van der Waals surface area contributed by atoms with Gasteiger partial charge in [0.15, 0.2) is 0 Å². The molecule has 0 spiro atoms. The van der Waals surface area contributed by atoms with E-state index >= 15 is 0 Å². The maximum absolute atomic E-state index is 12.7.